The van der Waals surface area contributed by atoms with Gasteiger partial charge in [-0.1, -0.05) is 6.92 Å². The number of hydrogen-bond acceptors (Lipinski definition) is 2. The molecule has 0 saturated carbocycles. The van der Waals surface area contributed by atoms with Crippen molar-refractivity contribution in [3.8, 4) is 0 Å². The average molecular weight is 128 g/mol. The Morgan fingerprint density at radius 3 is 2.78 bits per heavy atom. The first-order valence-electron chi connectivity index (χ1n) is 3.30. The molecule has 0 aromatic rings. The van der Waals surface area contributed by atoms with Crippen LogP contribution >= 0.6 is 0 Å². The molecule has 0 spiro atoms. The van der Waals surface area contributed by atoms with Gasteiger partial charge in [-0.3, -0.25) is 0 Å². The Labute approximate surface area is 55.5 Å². The van der Waals surface area contributed by atoms with Crippen molar-refractivity contribution in [1.29, 1.82) is 0 Å². The van der Waals surface area contributed by atoms with E-state index in [0.717, 1.165) is 6.42 Å². The summed E-state index contributed by atoms with van der Waals surface area (Å²) in [6.45, 7) is 4.06. The molecule has 1 fully saturated rings. The minimum atomic E-state index is 0.0350. The molecule has 0 N–H and O–H groups in total. The van der Waals surface area contributed by atoms with Gasteiger partial charge in [0.1, 0.15) is 6.10 Å². The van der Waals surface area contributed by atoms with E-state index >= 15 is 0 Å². The molecule has 0 radical (unpaired) electrons. The van der Waals surface area contributed by atoms with Gasteiger partial charge in [0.05, 0.1) is 6.26 Å². The first-order chi connectivity index (χ1) is 4.34. The Kier molecular flexibility index (Phi) is 2.11. The fourth-order valence-electron chi connectivity index (χ4n) is 0.538. The lowest BCUT2D eigenvalue weighted by Gasteiger charge is -1.89. The van der Waals surface area contributed by atoms with E-state index < -0.39 is 0 Å². The Balaban J connectivity index is 2.00. The van der Waals surface area contributed by atoms with Gasteiger partial charge in [-0.25, -0.2) is 0 Å². The van der Waals surface area contributed by atoms with Crippen molar-refractivity contribution in [3.63, 3.8) is 0 Å². The summed E-state index contributed by atoms with van der Waals surface area (Å²) in [7, 11) is 0. The predicted molar refractivity (Wildman–Crippen MR) is 34.9 cm³/mol. The van der Waals surface area contributed by atoms with Crippen molar-refractivity contribution in [2.24, 2.45) is 0 Å². The topological polar surface area (TPSA) is 21.8 Å². The lowest BCUT2D eigenvalue weighted by atomic mass is 10.5. The number of allylic oxidation sites excluding steroid dienone is 1. The van der Waals surface area contributed by atoms with Gasteiger partial charge < -0.3 is 9.47 Å². The molecule has 1 rings (SSSR count). The van der Waals surface area contributed by atoms with Crippen molar-refractivity contribution in [3.05, 3.63) is 12.3 Å². The molecule has 0 amide bonds. The Bertz CT molecular complexity index is 109. The predicted octanol–water partition coefficient (Wildman–Crippen LogP) is 1.67. The van der Waals surface area contributed by atoms with Crippen LogP contribution in [-0.4, -0.2) is 12.4 Å². The minimum Gasteiger partial charge on any atom is -0.470 e. The summed E-state index contributed by atoms with van der Waals surface area (Å²) in [5.41, 5.74) is 0. The van der Waals surface area contributed by atoms with E-state index in [4.69, 9.17) is 9.47 Å². The molecular weight excluding hydrogens is 116 g/mol. The molecule has 2 unspecified atom stereocenters. The molecule has 0 bridgehead atoms. The number of rotatable bonds is 3. The van der Waals surface area contributed by atoms with Gasteiger partial charge in [-0.15, -0.1) is 0 Å². The van der Waals surface area contributed by atoms with Gasteiger partial charge in [0, 0.05) is 0 Å². The van der Waals surface area contributed by atoms with E-state index in [-0.39, 0.29) is 6.29 Å². The van der Waals surface area contributed by atoms with Crippen LogP contribution in [0.25, 0.3) is 0 Å². The highest BCUT2D eigenvalue weighted by Gasteiger charge is 2.35. The molecule has 2 heteroatoms. The minimum absolute atomic E-state index is 0.0350. The van der Waals surface area contributed by atoms with Crippen molar-refractivity contribution in [2.75, 3.05) is 0 Å². The summed E-state index contributed by atoms with van der Waals surface area (Å²) >= 11 is 0. The fourth-order valence-corrected chi connectivity index (χ4v) is 0.538. The summed E-state index contributed by atoms with van der Waals surface area (Å²) in [6, 6.07) is 0. The third kappa shape index (κ3) is 2.06. The molecule has 1 heterocycles. The maximum absolute atomic E-state index is 5.10. The second kappa shape index (κ2) is 2.87. The van der Waals surface area contributed by atoms with Crippen LogP contribution in [0.5, 0.6) is 0 Å². The van der Waals surface area contributed by atoms with Crippen LogP contribution in [-0.2, 0) is 9.47 Å². The maximum atomic E-state index is 5.10. The van der Waals surface area contributed by atoms with Crippen LogP contribution in [0.15, 0.2) is 12.3 Å². The molecule has 0 aromatic heterocycles. The molecule has 1 aliphatic heterocycles. The Morgan fingerprint density at radius 1 is 1.67 bits per heavy atom. The number of epoxide rings is 1. The van der Waals surface area contributed by atoms with Gasteiger partial charge >= 0.3 is 0 Å². The molecule has 2 atom stereocenters. The standard InChI is InChI=1S/C7H12O2/c1-3-4-5-8-7-6(2)9-7/h4-7H,3H2,1-2H3. The first kappa shape index (κ1) is 6.62. The SMILES string of the molecule is CCC=COC1OC1C. The molecular formula is C7H12O2. The normalized spacial score (nSPS) is 33.1. The van der Waals surface area contributed by atoms with Gasteiger partial charge in [0.2, 0.25) is 6.29 Å². The summed E-state index contributed by atoms with van der Waals surface area (Å²) in [5.74, 6) is 0. The van der Waals surface area contributed by atoms with Crippen molar-refractivity contribution in [2.45, 2.75) is 32.7 Å². The molecule has 0 aromatic carbocycles. The van der Waals surface area contributed by atoms with E-state index in [1.54, 1.807) is 6.26 Å². The lowest BCUT2D eigenvalue weighted by molar-refractivity contribution is 0.130. The molecule has 1 saturated heterocycles. The number of hydrogen-bond donors (Lipinski definition) is 0. The maximum Gasteiger partial charge on any atom is 0.225 e. The highest BCUT2D eigenvalue weighted by Crippen LogP contribution is 2.21. The zero-order valence-corrected chi connectivity index (χ0v) is 5.83. The van der Waals surface area contributed by atoms with Crippen molar-refractivity contribution in [1.82, 2.24) is 0 Å². The van der Waals surface area contributed by atoms with Crippen molar-refractivity contribution >= 4 is 0 Å². The van der Waals surface area contributed by atoms with E-state index in [1.165, 1.54) is 0 Å². The van der Waals surface area contributed by atoms with Gasteiger partial charge in [0.25, 0.3) is 0 Å². The fraction of sp³-hybridized carbons (Fsp3) is 0.714. The Morgan fingerprint density at radius 2 is 2.33 bits per heavy atom. The molecule has 2 nitrogen and oxygen atoms in total. The highest BCUT2D eigenvalue weighted by molar-refractivity contribution is 4.77. The summed E-state index contributed by atoms with van der Waals surface area (Å²) in [6.07, 6.45) is 5.02. The van der Waals surface area contributed by atoms with E-state index in [1.807, 2.05) is 13.0 Å². The van der Waals surface area contributed by atoms with E-state index in [0.29, 0.717) is 6.10 Å². The third-order valence-corrected chi connectivity index (χ3v) is 1.20. The Hall–Kier alpha value is -0.500. The van der Waals surface area contributed by atoms with Crippen LogP contribution in [0.4, 0.5) is 0 Å². The van der Waals surface area contributed by atoms with Crippen molar-refractivity contribution < 1.29 is 9.47 Å². The first-order valence-corrected chi connectivity index (χ1v) is 3.30. The van der Waals surface area contributed by atoms with E-state index in [2.05, 4.69) is 6.92 Å². The van der Waals surface area contributed by atoms with Crippen LogP contribution in [0, 0.1) is 0 Å². The third-order valence-electron chi connectivity index (χ3n) is 1.20. The molecule has 52 valence electrons. The van der Waals surface area contributed by atoms with Gasteiger partial charge in [-0.05, 0) is 19.4 Å². The average Bonchev–Trinajstić information content (AvgIpc) is 2.48. The van der Waals surface area contributed by atoms with Crippen LogP contribution < -0.4 is 0 Å². The van der Waals surface area contributed by atoms with Crippen LogP contribution in [0.2, 0.25) is 0 Å². The molecule has 0 aliphatic carbocycles. The monoisotopic (exact) mass is 128 g/mol. The lowest BCUT2D eigenvalue weighted by Crippen LogP contribution is -1.89. The van der Waals surface area contributed by atoms with Crippen LogP contribution in [0.1, 0.15) is 20.3 Å². The largest absolute Gasteiger partial charge is 0.470 e. The second-order valence-electron chi connectivity index (χ2n) is 2.13. The van der Waals surface area contributed by atoms with Crippen LogP contribution in [0.3, 0.4) is 0 Å². The van der Waals surface area contributed by atoms with E-state index in [9.17, 15) is 0 Å². The zero-order chi connectivity index (χ0) is 6.69. The quantitative estimate of drug-likeness (QED) is 0.426. The molecule has 1 aliphatic rings. The summed E-state index contributed by atoms with van der Waals surface area (Å²) in [5, 5.41) is 0. The summed E-state index contributed by atoms with van der Waals surface area (Å²) < 4.78 is 10.1. The number of ether oxygens (including phenoxy) is 2. The zero-order valence-electron chi connectivity index (χ0n) is 5.83. The van der Waals surface area contributed by atoms with Gasteiger partial charge in [-0.2, -0.15) is 0 Å². The van der Waals surface area contributed by atoms with Gasteiger partial charge in [0.15, 0.2) is 0 Å². The second-order valence-corrected chi connectivity index (χ2v) is 2.13. The molecule has 9 heavy (non-hydrogen) atoms. The summed E-state index contributed by atoms with van der Waals surface area (Å²) in [4.78, 5) is 0. The highest BCUT2D eigenvalue weighted by atomic mass is 16.8. The smallest absolute Gasteiger partial charge is 0.225 e.